The van der Waals surface area contributed by atoms with E-state index < -0.39 is 0 Å². The lowest BCUT2D eigenvalue weighted by Gasteiger charge is -2.47. The fraction of sp³-hybridized carbons (Fsp3) is 0.247. The van der Waals surface area contributed by atoms with E-state index in [0.29, 0.717) is 5.56 Å². The molecule has 0 radical (unpaired) electrons. The van der Waals surface area contributed by atoms with Gasteiger partial charge in [0.2, 0.25) is 0 Å². The first-order valence-electron chi connectivity index (χ1n) is 31.2. The van der Waals surface area contributed by atoms with E-state index in [1.54, 1.807) is 0 Å². The maximum atomic E-state index is 11.5. The summed E-state index contributed by atoms with van der Waals surface area (Å²) in [5.74, 6) is 0. The van der Waals surface area contributed by atoms with Gasteiger partial charge >= 0.3 is 0 Å². The van der Waals surface area contributed by atoms with Crippen molar-refractivity contribution in [3.63, 3.8) is 0 Å². The molecule has 2 aromatic heterocycles. The quantitative estimate of drug-likeness (QED) is 0.165. The molecule has 0 atom stereocenters. The van der Waals surface area contributed by atoms with Crippen LogP contribution in [0.15, 0.2) is 188 Å². The Hall–Kier alpha value is -9.05. The minimum absolute atomic E-state index is 0.0292. The zero-order chi connectivity index (χ0) is 60.8. The number of benzene rings is 10. The van der Waals surface area contributed by atoms with Crippen molar-refractivity contribution in [2.24, 2.45) is 0 Å². The average Bonchev–Trinajstić information content (AvgIpc) is 1.67. The summed E-state index contributed by atoms with van der Waals surface area (Å²) >= 11 is 0. The van der Waals surface area contributed by atoms with Gasteiger partial charge in [0.1, 0.15) is 0 Å². The van der Waals surface area contributed by atoms with E-state index in [2.05, 4.69) is 317 Å². The lowest BCUT2D eigenvalue weighted by molar-refractivity contribution is 0.590. The SMILES string of the molecule is CC(C)(C)c1cc2c3c(c1)-n1c4ccc(C(C)(C)C)cc4c4cc(C(C)(C)C)cc(c41)N3c1cc(C#N)cc3c1B2c1ccc(-n2c4ccc(C(C)(C)C)cc4c4cc(C(C)(C)C)ccc42)cc1N3c1ccc(-c2ccc(-c3ccccc3)cc2)cc1. The minimum atomic E-state index is -0.185. The van der Waals surface area contributed by atoms with Gasteiger partial charge in [-0.1, -0.05) is 201 Å². The molecule has 12 aromatic rings. The van der Waals surface area contributed by atoms with E-state index in [4.69, 9.17) is 0 Å². The fourth-order valence-corrected chi connectivity index (χ4v) is 14.4. The summed E-state index contributed by atoms with van der Waals surface area (Å²) in [4.78, 5) is 5.06. The van der Waals surface area contributed by atoms with Gasteiger partial charge in [-0.15, -0.1) is 0 Å². The number of anilines is 6. The Kier molecular flexibility index (Phi) is 11.6. The molecule has 0 fully saturated rings. The topological polar surface area (TPSA) is 40.1 Å². The highest BCUT2D eigenvalue weighted by molar-refractivity contribution is 7.00. The second-order valence-corrected chi connectivity index (χ2v) is 30.3. The van der Waals surface area contributed by atoms with Crippen LogP contribution < -0.4 is 26.2 Å². The number of rotatable bonds is 4. The summed E-state index contributed by atoms with van der Waals surface area (Å²) in [7, 11) is 0. The molecule has 0 bridgehead atoms. The van der Waals surface area contributed by atoms with E-state index in [0.717, 1.165) is 45.3 Å². The lowest BCUT2D eigenvalue weighted by Crippen LogP contribution is -2.62. The molecule has 0 unspecified atom stereocenters. The van der Waals surface area contributed by atoms with Gasteiger partial charge in [0.15, 0.2) is 0 Å². The summed E-state index contributed by atoms with van der Waals surface area (Å²) < 4.78 is 5.09. The van der Waals surface area contributed by atoms with Crippen molar-refractivity contribution < 1.29 is 0 Å². The van der Waals surface area contributed by atoms with Crippen LogP contribution >= 0.6 is 0 Å². The van der Waals surface area contributed by atoms with Crippen LogP contribution in [0.2, 0.25) is 0 Å². The van der Waals surface area contributed by atoms with Crippen molar-refractivity contribution in [1.29, 1.82) is 5.26 Å². The Balaban J connectivity index is 1.03. The first kappa shape index (κ1) is 54.6. The summed E-state index contributed by atoms with van der Waals surface area (Å²) in [6, 6.07) is 74.4. The summed E-state index contributed by atoms with van der Waals surface area (Å²) in [5, 5.41) is 16.5. The van der Waals surface area contributed by atoms with Crippen molar-refractivity contribution in [2.75, 3.05) is 9.80 Å². The number of hydrogen-bond acceptors (Lipinski definition) is 3. The largest absolute Gasteiger partial charge is 0.311 e. The molecule has 0 amide bonds. The van der Waals surface area contributed by atoms with Crippen LogP contribution in [0.3, 0.4) is 0 Å². The van der Waals surface area contributed by atoms with Gasteiger partial charge in [-0.25, -0.2) is 0 Å². The maximum absolute atomic E-state index is 11.5. The lowest BCUT2D eigenvalue weighted by atomic mass is 9.33. The van der Waals surface area contributed by atoms with E-state index in [-0.39, 0.29) is 33.8 Å². The standard InChI is InChI=1S/C81H76BN5/c1-77(2,3)53-27-34-66-60(39-53)61-40-54(78(4,5)6)28-35-67(61)85(66)59-32-33-64-69(46-59)84(58-30-25-52(26-31-58)51-23-21-50(22-24-51)49-19-17-16-18-20-49)70-37-48(47-83)38-71-74(70)82(64)65-43-57(81(13,14)15)45-73-76(65)87(71)72-44-56(80(10,11)12)42-63-62-41-55(79(7,8)9)29-36-68(62)86(73)75(63)72/h16-46H,1-15H3. The third-order valence-electron chi connectivity index (χ3n) is 19.4. The monoisotopic (exact) mass is 1130 g/mol. The van der Waals surface area contributed by atoms with Gasteiger partial charge in [-0.05, 0) is 185 Å². The number of aromatic nitrogens is 2. The summed E-state index contributed by atoms with van der Waals surface area (Å²) in [6.07, 6.45) is 0. The molecule has 3 aliphatic rings. The second kappa shape index (κ2) is 18.5. The highest BCUT2D eigenvalue weighted by Crippen LogP contribution is 2.55. The molecule has 5 nitrogen and oxygen atoms in total. The van der Waals surface area contributed by atoms with Crippen molar-refractivity contribution in [3.8, 4) is 39.7 Å². The van der Waals surface area contributed by atoms with Gasteiger partial charge in [-0.3, -0.25) is 0 Å². The first-order chi connectivity index (χ1) is 41.2. The number of hydrogen-bond donors (Lipinski definition) is 0. The van der Waals surface area contributed by atoms with Gasteiger partial charge < -0.3 is 18.9 Å². The normalized spacial score (nSPS) is 13.8. The van der Waals surface area contributed by atoms with Crippen LogP contribution in [-0.4, -0.2) is 15.8 Å². The van der Waals surface area contributed by atoms with E-state index in [9.17, 15) is 5.26 Å². The molecule has 0 N–H and O–H groups in total. The predicted molar refractivity (Wildman–Crippen MR) is 372 cm³/mol. The third-order valence-corrected chi connectivity index (χ3v) is 19.4. The molecule has 0 spiro atoms. The van der Waals surface area contributed by atoms with Crippen molar-refractivity contribution in [2.45, 2.75) is 131 Å². The molecule has 0 saturated heterocycles. The van der Waals surface area contributed by atoms with Gasteiger partial charge in [-0.2, -0.15) is 5.26 Å². The molecule has 6 heteroatoms. The van der Waals surface area contributed by atoms with Crippen molar-refractivity contribution in [3.05, 3.63) is 221 Å². The van der Waals surface area contributed by atoms with Crippen LogP contribution in [0, 0.1) is 11.3 Å². The molecule has 428 valence electrons. The molecule has 15 rings (SSSR count). The van der Waals surface area contributed by atoms with Gasteiger partial charge in [0.25, 0.3) is 6.71 Å². The summed E-state index contributed by atoms with van der Waals surface area (Å²) in [5.41, 5.74) is 28.6. The van der Waals surface area contributed by atoms with Crippen LogP contribution in [-0.2, 0) is 27.1 Å². The minimum Gasteiger partial charge on any atom is -0.311 e. The maximum Gasteiger partial charge on any atom is 0.252 e. The Bertz CT molecular complexity index is 4860. The Morgan fingerprint density at radius 2 is 0.770 bits per heavy atom. The Labute approximate surface area is 514 Å². The van der Waals surface area contributed by atoms with Crippen molar-refractivity contribution >= 4 is 101 Å². The molecule has 3 aliphatic heterocycles. The van der Waals surface area contributed by atoms with Crippen LogP contribution in [0.4, 0.5) is 34.1 Å². The van der Waals surface area contributed by atoms with Gasteiger partial charge in [0.05, 0.1) is 50.8 Å². The smallest absolute Gasteiger partial charge is 0.252 e. The van der Waals surface area contributed by atoms with E-state index in [1.807, 2.05) is 0 Å². The van der Waals surface area contributed by atoms with Crippen LogP contribution in [0.1, 0.15) is 137 Å². The predicted octanol–water partition coefficient (Wildman–Crippen LogP) is 20.0. The fourth-order valence-electron chi connectivity index (χ4n) is 14.4. The Morgan fingerprint density at radius 3 is 1.29 bits per heavy atom. The molecular formula is C81H76BN5. The third kappa shape index (κ3) is 8.39. The van der Waals surface area contributed by atoms with Gasteiger partial charge in [0, 0.05) is 50.0 Å². The molecular weight excluding hydrogens is 1050 g/mol. The van der Waals surface area contributed by atoms with Crippen LogP contribution in [0.25, 0.3) is 77.2 Å². The van der Waals surface area contributed by atoms with Crippen molar-refractivity contribution in [1.82, 2.24) is 9.13 Å². The van der Waals surface area contributed by atoms with E-state index in [1.165, 1.54) is 110 Å². The zero-order valence-electron chi connectivity index (χ0n) is 53.2. The number of fused-ring (bicyclic) bond motifs is 12. The number of nitrogens with zero attached hydrogens (tertiary/aromatic N) is 5. The zero-order valence-corrected chi connectivity index (χ0v) is 53.2. The van der Waals surface area contributed by atoms with Crippen LogP contribution in [0.5, 0.6) is 0 Å². The summed E-state index contributed by atoms with van der Waals surface area (Å²) in [6.45, 7) is 34.7. The number of nitriles is 1. The second-order valence-electron chi connectivity index (χ2n) is 30.3. The molecule has 87 heavy (non-hydrogen) atoms. The molecule has 5 heterocycles. The Morgan fingerprint density at radius 1 is 0.333 bits per heavy atom. The molecule has 0 aliphatic carbocycles. The molecule has 10 aromatic carbocycles. The first-order valence-corrected chi connectivity index (χ1v) is 31.2. The van der Waals surface area contributed by atoms with E-state index >= 15 is 0 Å². The molecule has 0 saturated carbocycles. The highest BCUT2D eigenvalue weighted by Gasteiger charge is 2.48. The highest BCUT2D eigenvalue weighted by atomic mass is 15.2. The average molecular weight is 1130 g/mol.